The van der Waals surface area contributed by atoms with E-state index in [1.54, 1.807) is 115 Å². The molecular weight excluding hydrogens is 502 g/mol. The largest absolute Gasteiger partial charge is 0.456 e. The zero-order chi connectivity index (χ0) is 28.1. The van der Waals surface area contributed by atoms with Crippen LogP contribution in [0.25, 0.3) is 0 Å². The lowest BCUT2D eigenvalue weighted by Crippen LogP contribution is -2.01. The Morgan fingerprint density at radius 3 is 1.18 bits per heavy atom. The Hall–Kier alpha value is -5.87. The summed E-state index contributed by atoms with van der Waals surface area (Å²) in [4.78, 5) is 25.4. The minimum atomic E-state index is -0.138. The van der Waals surface area contributed by atoms with Crippen LogP contribution in [-0.2, 0) is 0 Å². The fraction of sp³-hybridized carbons (Fsp3) is 0. The summed E-state index contributed by atoms with van der Waals surface area (Å²) in [5, 5.41) is 9.86. The smallest absolute Gasteiger partial charge is 0.193 e. The van der Waals surface area contributed by atoms with Gasteiger partial charge in [0.15, 0.2) is 11.6 Å². The highest BCUT2D eigenvalue weighted by molar-refractivity contribution is 6.09. The number of nitrogens with zero attached hydrogens (tertiary/aromatic N) is 1. The van der Waals surface area contributed by atoms with Crippen LogP contribution >= 0.6 is 0 Å². The van der Waals surface area contributed by atoms with E-state index < -0.39 is 0 Å². The quantitative estimate of drug-likeness (QED) is 0.169. The van der Waals surface area contributed by atoms with E-state index in [4.69, 9.17) is 20.9 Å². The van der Waals surface area contributed by atoms with Gasteiger partial charge >= 0.3 is 0 Å². The van der Waals surface area contributed by atoms with Crippen molar-refractivity contribution in [3.63, 3.8) is 0 Å². The molecule has 0 amide bonds. The summed E-state index contributed by atoms with van der Waals surface area (Å²) in [5.74, 6) is 1.23. The second kappa shape index (κ2) is 11.3. The molecule has 0 aliphatic carbocycles. The van der Waals surface area contributed by atoms with Crippen LogP contribution < -0.4 is 20.9 Å². The first kappa shape index (κ1) is 25.8. The molecule has 5 aromatic rings. The maximum atomic E-state index is 12.7. The van der Waals surface area contributed by atoms with Gasteiger partial charge in [0.25, 0.3) is 0 Å². The SMILES string of the molecule is N#Cc1c(Oc2ccc(C(=O)c3ccc(N)cc3)cc2)cccc1Oc1ccc(C(=O)c2ccc(N)cc2)cc1. The second-order valence-electron chi connectivity index (χ2n) is 8.90. The maximum Gasteiger partial charge on any atom is 0.193 e. The number of nitrogens with two attached hydrogens (primary N) is 2. The number of carbonyl (C=O) groups is 2. The number of ether oxygens (including phenoxy) is 2. The van der Waals surface area contributed by atoms with Crippen molar-refractivity contribution in [3.8, 4) is 29.1 Å². The van der Waals surface area contributed by atoms with Crippen LogP contribution in [0.1, 0.15) is 37.4 Å². The van der Waals surface area contributed by atoms with Gasteiger partial charge in [-0.2, -0.15) is 5.26 Å². The van der Waals surface area contributed by atoms with Crippen LogP contribution in [0.4, 0.5) is 11.4 Å². The number of nitrogen functional groups attached to an aromatic ring is 2. The molecule has 7 heteroatoms. The number of ketones is 2. The first-order valence-corrected chi connectivity index (χ1v) is 12.3. The minimum absolute atomic E-state index is 0.138. The molecule has 0 aliphatic heterocycles. The molecule has 0 spiro atoms. The summed E-state index contributed by atoms with van der Waals surface area (Å²) in [6, 6.07) is 33.9. The number of anilines is 2. The number of benzene rings is 5. The zero-order valence-corrected chi connectivity index (χ0v) is 21.2. The Balaban J connectivity index is 1.30. The van der Waals surface area contributed by atoms with Gasteiger partial charge in [-0.1, -0.05) is 6.07 Å². The molecule has 0 fully saturated rings. The van der Waals surface area contributed by atoms with Crippen LogP contribution in [0, 0.1) is 11.3 Å². The lowest BCUT2D eigenvalue weighted by atomic mass is 10.0. The highest BCUT2D eigenvalue weighted by atomic mass is 16.5. The summed E-state index contributed by atoms with van der Waals surface area (Å²) in [5.41, 5.74) is 14.8. The predicted molar refractivity (Wildman–Crippen MR) is 153 cm³/mol. The number of hydrogen-bond donors (Lipinski definition) is 2. The number of nitriles is 1. The van der Waals surface area contributed by atoms with Gasteiger partial charge in [-0.3, -0.25) is 9.59 Å². The van der Waals surface area contributed by atoms with E-state index in [9.17, 15) is 14.9 Å². The van der Waals surface area contributed by atoms with Crippen LogP contribution in [0.2, 0.25) is 0 Å². The third kappa shape index (κ3) is 5.67. The normalized spacial score (nSPS) is 10.4. The van der Waals surface area contributed by atoms with Gasteiger partial charge in [-0.25, -0.2) is 0 Å². The van der Waals surface area contributed by atoms with E-state index in [1.807, 2.05) is 0 Å². The molecule has 5 aromatic carbocycles. The monoisotopic (exact) mass is 525 g/mol. The van der Waals surface area contributed by atoms with Gasteiger partial charge in [0.05, 0.1) is 0 Å². The van der Waals surface area contributed by atoms with E-state index >= 15 is 0 Å². The van der Waals surface area contributed by atoms with Gasteiger partial charge in [0, 0.05) is 33.6 Å². The van der Waals surface area contributed by atoms with Crippen molar-refractivity contribution in [2.24, 2.45) is 0 Å². The van der Waals surface area contributed by atoms with E-state index in [2.05, 4.69) is 6.07 Å². The van der Waals surface area contributed by atoms with Crippen molar-refractivity contribution < 1.29 is 19.1 Å². The van der Waals surface area contributed by atoms with Crippen molar-refractivity contribution in [2.45, 2.75) is 0 Å². The summed E-state index contributed by atoms with van der Waals surface area (Å²) in [6.45, 7) is 0. The first-order valence-electron chi connectivity index (χ1n) is 12.3. The van der Waals surface area contributed by atoms with Crippen molar-refractivity contribution >= 4 is 22.9 Å². The molecule has 194 valence electrons. The zero-order valence-electron chi connectivity index (χ0n) is 21.2. The van der Waals surface area contributed by atoms with Crippen LogP contribution in [-0.4, -0.2) is 11.6 Å². The molecule has 0 bridgehead atoms. The fourth-order valence-corrected chi connectivity index (χ4v) is 4.00. The molecule has 0 aromatic heterocycles. The number of carbonyl (C=O) groups excluding carboxylic acids is 2. The number of hydrogen-bond acceptors (Lipinski definition) is 7. The van der Waals surface area contributed by atoms with E-state index in [0.717, 1.165) is 0 Å². The summed E-state index contributed by atoms with van der Waals surface area (Å²) in [6.07, 6.45) is 0. The van der Waals surface area contributed by atoms with Gasteiger partial charge in [-0.05, 0) is 109 Å². The van der Waals surface area contributed by atoms with E-state index in [1.165, 1.54) is 0 Å². The summed E-state index contributed by atoms with van der Waals surface area (Å²) < 4.78 is 11.9. The molecular formula is C33H23N3O4. The third-order valence-electron chi connectivity index (χ3n) is 6.13. The first-order chi connectivity index (χ1) is 19.4. The van der Waals surface area contributed by atoms with Gasteiger partial charge in [-0.15, -0.1) is 0 Å². The maximum absolute atomic E-state index is 12.7. The summed E-state index contributed by atoms with van der Waals surface area (Å²) >= 11 is 0. The van der Waals surface area contributed by atoms with Gasteiger partial charge < -0.3 is 20.9 Å². The van der Waals surface area contributed by atoms with E-state index in [0.29, 0.717) is 56.6 Å². The second-order valence-corrected chi connectivity index (χ2v) is 8.90. The molecule has 4 N–H and O–H groups in total. The van der Waals surface area contributed by atoms with Crippen molar-refractivity contribution in [1.29, 1.82) is 5.26 Å². The average molecular weight is 526 g/mol. The Kier molecular flexibility index (Phi) is 7.25. The molecule has 40 heavy (non-hydrogen) atoms. The van der Waals surface area contributed by atoms with Gasteiger partial charge in [0.2, 0.25) is 0 Å². The minimum Gasteiger partial charge on any atom is -0.456 e. The molecule has 0 aliphatic rings. The van der Waals surface area contributed by atoms with E-state index in [-0.39, 0.29) is 17.1 Å². The molecule has 0 heterocycles. The number of rotatable bonds is 8. The Bertz CT molecular complexity index is 1600. The van der Waals surface area contributed by atoms with Crippen LogP contribution in [0.5, 0.6) is 23.0 Å². The molecule has 7 nitrogen and oxygen atoms in total. The Labute approximate surface area is 230 Å². The summed E-state index contributed by atoms with van der Waals surface area (Å²) in [7, 11) is 0. The lowest BCUT2D eigenvalue weighted by Gasteiger charge is -2.12. The molecule has 0 saturated carbocycles. The van der Waals surface area contributed by atoms with Crippen LogP contribution in [0.3, 0.4) is 0 Å². The molecule has 0 unspecified atom stereocenters. The van der Waals surface area contributed by atoms with Crippen molar-refractivity contribution in [2.75, 3.05) is 11.5 Å². The predicted octanol–water partition coefficient (Wildman–Crippen LogP) is 6.77. The molecule has 5 rings (SSSR count). The fourth-order valence-electron chi connectivity index (χ4n) is 4.00. The Morgan fingerprint density at radius 2 is 0.850 bits per heavy atom. The third-order valence-corrected chi connectivity index (χ3v) is 6.13. The highest BCUT2D eigenvalue weighted by Gasteiger charge is 2.15. The molecule has 0 atom stereocenters. The molecule has 0 radical (unpaired) electrons. The lowest BCUT2D eigenvalue weighted by molar-refractivity contribution is 0.103. The van der Waals surface area contributed by atoms with Crippen molar-refractivity contribution in [1.82, 2.24) is 0 Å². The Morgan fingerprint density at radius 1 is 0.525 bits per heavy atom. The highest BCUT2D eigenvalue weighted by Crippen LogP contribution is 2.34. The average Bonchev–Trinajstić information content (AvgIpc) is 2.98. The topological polar surface area (TPSA) is 128 Å². The van der Waals surface area contributed by atoms with Gasteiger partial charge in [0.1, 0.15) is 34.6 Å². The molecule has 0 saturated heterocycles. The standard InChI is InChI=1S/C33H23N3O4/c34-20-29-30(39-27-16-8-23(9-17-27)32(37)21-4-12-25(35)13-5-21)2-1-3-31(29)40-28-18-10-24(11-19-28)33(38)22-6-14-26(36)15-7-22/h1-19H,35-36H2. The van der Waals surface area contributed by atoms with Crippen molar-refractivity contribution in [3.05, 3.63) is 143 Å². The van der Waals surface area contributed by atoms with Crippen LogP contribution in [0.15, 0.2) is 115 Å².